The van der Waals surface area contributed by atoms with Crippen LogP contribution in [-0.4, -0.2) is 21.1 Å². The molecule has 0 radical (unpaired) electrons. The SMILES string of the molecule is CCc1ccc(/C=C2/SC(=S)N([C@H](C(=O)[O-])c3ccccc3)C2=O)cc1. The fourth-order valence-corrected chi connectivity index (χ4v) is 4.04. The molecule has 1 fully saturated rings. The van der Waals surface area contributed by atoms with Gasteiger partial charge in [0.05, 0.1) is 10.9 Å². The van der Waals surface area contributed by atoms with Crippen LogP contribution in [0.5, 0.6) is 0 Å². The van der Waals surface area contributed by atoms with Gasteiger partial charge >= 0.3 is 0 Å². The van der Waals surface area contributed by atoms with Gasteiger partial charge in [-0.15, -0.1) is 0 Å². The number of hydrogen-bond acceptors (Lipinski definition) is 5. The molecule has 2 aromatic rings. The molecule has 26 heavy (non-hydrogen) atoms. The Balaban J connectivity index is 1.92. The minimum absolute atomic E-state index is 0.212. The molecule has 0 unspecified atom stereocenters. The molecule has 0 bridgehead atoms. The van der Waals surface area contributed by atoms with Crippen LogP contribution < -0.4 is 5.11 Å². The Labute approximate surface area is 161 Å². The molecular weight excluding hydrogens is 366 g/mol. The summed E-state index contributed by atoms with van der Waals surface area (Å²) < 4.78 is 0.212. The Morgan fingerprint density at radius 2 is 1.85 bits per heavy atom. The maximum Gasteiger partial charge on any atom is 0.267 e. The molecule has 1 aliphatic rings. The van der Waals surface area contributed by atoms with E-state index in [0.29, 0.717) is 10.5 Å². The summed E-state index contributed by atoms with van der Waals surface area (Å²) in [6, 6.07) is 15.1. The fourth-order valence-electron chi connectivity index (χ4n) is 2.73. The predicted octanol–water partition coefficient (Wildman–Crippen LogP) is 2.94. The number of aryl methyl sites for hydroxylation is 1. The number of carboxylic acids is 1. The molecule has 1 heterocycles. The number of thiocarbonyl (C=S) groups is 1. The van der Waals surface area contributed by atoms with Gasteiger partial charge in [-0.1, -0.05) is 85.5 Å². The van der Waals surface area contributed by atoms with Gasteiger partial charge in [-0.3, -0.25) is 9.69 Å². The molecular formula is C20H16NO3S2-. The first-order valence-electron chi connectivity index (χ1n) is 8.13. The van der Waals surface area contributed by atoms with Gasteiger partial charge in [0.2, 0.25) is 0 Å². The summed E-state index contributed by atoms with van der Waals surface area (Å²) in [4.78, 5) is 26.1. The van der Waals surface area contributed by atoms with E-state index in [1.165, 1.54) is 5.56 Å². The van der Waals surface area contributed by atoms with Crippen LogP contribution in [0.15, 0.2) is 59.5 Å². The van der Waals surface area contributed by atoms with Gasteiger partial charge in [0, 0.05) is 0 Å². The van der Waals surface area contributed by atoms with E-state index in [4.69, 9.17) is 12.2 Å². The van der Waals surface area contributed by atoms with Crippen molar-refractivity contribution < 1.29 is 14.7 Å². The summed E-state index contributed by atoms with van der Waals surface area (Å²) in [7, 11) is 0. The number of carbonyl (C=O) groups excluding carboxylic acids is 2. The number of carboxylic acid groups (broad SMARTS) is 1. The molecule has 6 heteroatoms. The van der Waals surface area contributed by atoms with Gasteiger partial charge in [-0.25, -0.2) is 0 Å². The highest BCUT2D eigenvalue weighted by Gasteiger charge is 2.38. The van der Waals surface area contributed by atoms with Gasteiger partial charge in [-0.05, 0) is 29.2 Å². The number of nitrogens with zero attached hydrogens (tertiary/aromatic N) is 1. The average molecular weight is 382 g/mol. The zero-order valence-corrected chi connectivity index (χ0v) is 15.7. The second kappa shape index (κ2) is 7.85. The molecule has 1 aliphatic heterocycles. The molecule has 1 atom stereocenters. The number of thioether (sulfide) groups is 1. The summed E-state index contributed by atoms with van der Waals surface area (Å²) in [6.07, 6.45) is 2.67. The normalized spacial score (nSPS) is 17.0. The van der Waals surface area contributed by atoms with Gasteiger partial charge in [0.25, 0.3) is 5.91 Å². The quantitative estimate of drug-likeness (QED) is 0.588. The monoisotopic (exact) mass is 382 g/mol. The van der Waals surface area contributed by atoms with Crippen molar-refractivity contribution in [2.75, 3.05) is 0 Å². The third-order valence-corrected chi connectivity index (χ3v) is 5.44. The second-order valence-electron chi connectivity index (χ2n) is 5.78. The molecule has 0 spiro atoms. The van der Waals surface area contributed by atoms with Crippen LogP contribution in [-0.2, 0) is 16.0 Å². The Morgan fingerprint density at radius 3 is 2.42 bits per heavy atom. The van der Waals surface area contributed by atoms with Crippen LogP contribution in [0.3, 0.4) is 0 Å². The Kier molecular flexibility index (Phi) is 5.54. The van der Waals surface area contributed by atoms with Crippen molar-refractivity contribution >= 4 is 46.3 Å². The first kappa shape index (κ1) is 18.4. The zero-order chi connectivity index (χ0) is 18.7. The van der Waals surface area contributed by atoms with Crippen LogP contribution in [0.4, 0.5) is 0 Å². The molecule has 4 nitrogen and oxygen atoms in total. The van der Waals surface area contributed by atoms with E-state index >= 15 is 0 Å². The smallest absolute Gasteiger partial charge is 0.267 e. The number of amides is 1. The summed E-state index contributed by atoms with van der Waals surface area (Å²) in [5, 5.41) is 11.7. The van der Waals surface area contributed by atoms with E-state index in [2.05, 4.69) is 6.92 Å². The fraction of sp³-hybridized carbons (Fsp3) is 0.150. The lowest BCUT2D eigenvalue weighted by Crippen LogP contribution is -2.43. The van der Waals surface area contributed by atoms with E-state index < -0.39 is 17.9 Å². The standard InChI is InChI=1S/C20H17NO3S2/c1-2-13-8-10-14(11-9-13)12-16-18(22)21(20(25)26-16)17(19(23)24)15-6-4-3-5-7-15/h3-12,17H,2H2,1H3,(H,23,24)/p-1/b16-12+/t17-/m0/s1. The van der Waals surface area contributed by atoms with E-state index in [1.54, 1.807) is 36.4 Å². The summed E-state index contributed by atoms with van der Waals surface area (Å²) in [5.74, 6) is -1.78. The molecule has 0 aromatic heterocycles. The molecule has 0 saturated carbocycles. The van der Waals surface area contributed by atoms with Gasteiger partial charge in [0.1, 0.15) is 10.4 Å². The summed E-state index contributed by atoms with van der Waals surface area (Å²) >= 11 is 6.39. The number of rotatable bonds is 5. The Bertz CT molecular complexity index is 876. The van der Waals surface area contributed by atoms with E-state index in [-0.39, 0.29) is 4.32 Å². The number of benzene rings is 2. The second-order valence-corrected chi connectivity index (χ2v) is 7.45. The van der Waals surface area contributed by atoms with Crippen LogP contribution in [0.25, 0.3) is 6.08 Å². The topological polar surface area (TPSA) is 60.4 Å². The largest absolute Gasteiger partial charge is 0.547 e. The lowest BCUT2D eigenvalue weighted by molar-refractivity contribution is -0.310. The lowest BCUT2D eigenvalue weighted by atomic mass is 10.1. The zero-order valence-electron chi connectivity index (χ0n) is 14.0. The van der Waals surface area contributed by atoms with Gasteiger partial charge < -0.3 is 9.90 Å². The maximum absolute atomic E-state index is 12.8. The van der Waals surface area contributed by atoms with E-state index in [9.17, 15) is 14.7 Å². The van der Waals surface area contributed by atoms with Crippen molar-refractivity contribution in [3.63, 3.8) is 0 Å². The van der Waals surface area contributed by atoms with Crippen molar-refractivity contribution in [3.05, 3.63) is 76.2 Å². The molecule has 132 valence electrons. The molecule has 1 saturated heterocycles. The van der Waals surface area contributed by atoms with Crippen molar-refractivity contribution in [1.82, 2.24) is 4.90 Å². The number of hydrogen-bond donors (Lipinski definition) is 0. The minimum atomic E-state index is -1.36. The molecule has 0 aliphatic carbocycles. The minimum Gasteiger partial charge on any atom is -0.547 e. The molecule has 3 rings (SSSR count). The van der Waals surface area contributed by atoms with Crippen molar-refractivity contribution in [2.24, 2.45) is 0 Å². The van der Waals surface area contributed by atoms with Crippen LogP contribution >= 0.6 is 24.0 Å². The third kappa shape index (κ3) is 3.71. The summed E-state index contributed by atoms with van der Waals surface area (Å²) in [6.45, 7) is 2.07. The third-order valence-electron chi connectivity index (χ3n) is 4.11. The van der Waals surface area contributed by atoms with Crippen LogP contribution in [0.1, 0.15) is 29.7 Å². The predicted molar refractivity (Wildman–Crippen MR) is 105 cm³/mol. The summed E-state index contributed by atoms with van der Waals surface area (Å²) in [5.41, 5.74) is 2.53. The average Bonchev–Trinajstić information content (AvgIpc) is 2.91. The highest BCUT2D eigenvalue weighted by atomic mass is 32.2. The first-order chi connectivity index (χ1) is 12.5. The molecule has 0 N–H and O–H groups in total. The van der Waals surface area contributed by atoms with Crippen molar-refractivity contribution in [1.29, 1.82) is 0 Å². The first-order valence-corrected chi connectivity index (χ1v) is 9.35. The van der Waals surface area contributed by atoms with Crippen molar-refractivity contribution in [2.45, 2.75) is 19.4 Å². The van der Waals surface area contributed by atoms with E-state index in [0.717, 1.165) is 28.6 Å². The van der Waals surface area contributed by atoms with Crippen LogP contribution in [0.2, 0.25) is 0 Å². The highest BCUT2D eigenvalue weighted by Crippen LogP contribution is 2.38. The molecule has 2 aromatic carbocycles. The van der Waals surface area contributed by atoms with Crippen LogP contribution in [0, 0.1) is 0 Å². The van der Waals surface area contributed by atoms with Gasteiger partial charge in [0.15, 0.2) is 0 Å². The lowest BCUT2D eigenvalue weighted by Gasteiger charge is -2.27. The number of aliphatic carboxylic acids is 1. The van der Waals surface area contributed by atoms with Gasteiger partial charge in [-0.2, -0.15) is 0 Å². The molecule has 1 amide bonds. The van der Waals surface area contributed by atoms with E-state index in [1.807, 2.05) is 24.3 Å². The number of carbonyl (C=O) groups is 2. The Morgan fingerprint density at radius 1 is 1.19 bits per heavy atom. The maximum atomic E-state index is 12.8. The highest BCUT2D eigenvalue weighted by molar-refractivity contribution is 8.26. The van der Waals surface area contributed by atoms with Crippen molar-refractivity contribution in [3.8, 4) is 0 Å². The Hall–Kier alpha value is -2.44.